The lowest BCUT2D eigenvalue weighted by Crippen LogP contribution is -2.18. The average molecular weight is 401 g/mol. The molecule has 4 heteroatoms. The number of benzene rings is 2. The topological polar surface area (TPSA) is 12.0 Å². The van der Waals surface area contributed by atoms with Crippen LogP contribution in [-0.4, -0.2) is 0 Å². The van der Waals surface area contributed by atoms with E-state index in [1.165, 1.54) is 5.56 Å². The zero-order valence-corrected chi connectivity index (χ0v) is 14.6. The molecule has 0 aliphatic heterocycles. The molecule has 0 aliphatic carbocycles. The van der Waals surface area contributed by atoms with Gasteiger partial charge in [-0.2, -0.15) is 0 Å². The van der Waals surface area contributed by atoms with Crippen molar-refractivity contribution in [1.82, 2.24) is 5.32 Å². The molecule has 2 aromatic carbocycles. The molecule has 1 N–H and O–H groups in total. The maximum Gasteiger partial charge on any atom is 0.126 e. The van der Waals surface area contributed by atoms with Crippen molar-refractivity contribution in [2.24, 2.45) is 0 Å². The molecule has 0 heterocycles. The molecule has 0 radical (unpaired) electrons. The zero-order chi connectivity index (χ0) is 14.7. The van der Waals surface area contributed by atoms with Crippen LogP contribution >= 0.6 is 31.9 Å². The minimum Gasteiger partial charge on any atom is -0.306 e. The minimum atomic E-state index is -0.150. The lowest BCUT2D eigenvalue weighted by Gasteiger charge is -2.15. The van der Waals surface area contributed by atoms with Crippen LogP contribution < -0.4 is 5.32 Å². The predicted molar refractivity (Wildman–Crippen MR) is 88.2 cm³/mol. The van der Waals surface area contributed by atoms with Crippen LogP contribution in [0.2, 0.25) is 0 Å². The molecule has 1 unspecified atom stereocenters. The highest BCUT2D eigenvalue weighted by Gasteiger charge is 2.08. The normalized spacial score (nSPS) is 12.4. The molecule has 0 aliphatic rings. The molecule has 0 amide bonds. The number of rotatable bonds is 4. The minimum absolute atomic E-state index is 0.104. The van der Waals surface area contributed by atoms with E-state index < -0.39 is 0 Å². The van der Waals surface area contributed by atoms with Gasteiger partial charge in [0.2, 0.25) is 0 Å². The fourth-order valence-corrected chi connectivity index (χ4v) is 2.59. The van der Waals surface area contributed by atoms with E-state index in [0.29, 0.717) is 5.56 Å². The first-order valence-electron chi connectivity index (χ1n) is 6.40. The van der Waals surface area contributed by atoms with Crippen LogP contribution in [0.5, 0.6) is 0 Å². The van der Waals surface area contributed by atoms with E-state index in [2.05, 4.69) is 49.3 Å². The zero-order valence-electron chi connectivity index (χ0n) is 11.4. The average Bonchev–Trinajstić information content (AvgIpc) is 2.43. The molecule has 1 nitrogen and oxygen atoms in total. The van der Waals surface area contributed by atoms with Crippen molar-refractivity contribution < 1.29 is 4.39 Å². The van der Waals surface area contributed by atoms with E-state index >= 15 is 0 Å². The van der Waals surface area contributed by atoms with Gasteiger partial charge in [0, 0.05) is 21.5 Å². The Kier molecular flexibility index (Phi) is 5.35. The molecule has 106 valence electrons. The Labute approximate surface area is 135 Å². The Morgan fingerprint density at radius 3 is 2.50 bits per heavy atom. The summed E-state index contributed by atoms with van der Waals surface area (Å²) in [5, 5.41) is 3.41. The Morgan fingerprint density at radius 2 is 1.85 bits per heavy atom. The van der Waals surface area contributed by atoms with E-state index in [4.69, 9.17) is 0 Å². The van der Waals surface area contributed by atoms with Crippen LogP contribution in [0.1, 0.15) is 29.7 Å². The molecule has 0 bridgehead atoms. The van der Waals surface area contributed by atoms with Gasteiger partial charge in [0.25, 0.3) is 0 Å². The van der Waals surface area contributed by atoms with Crippen molar-refractivity contribution in [3.63, 3.8) is 0 Å². The summed E-state index contributed by atoms with van der Waals surface area (Å²) >= 11 is 6.94. The number of hydrogen-bond acceptors (Lipinski definition) is 1. The Bertz CT molecular complexity index is 613. The highest BCUT2D eigenvalue weighted by Crippen LogP contribution is 2.24. The lowest BCUT2D eigenvalue weighted by molar-refractivity contribution is 0.563. The number of hydrogen-bond donors (Lipinski definition) is 1. The first-order valence-corrected chi connectivity index (χ1v) is 7.99. The largest absolute Gasteiger partial charge is 0.306 e. The SMILES string of the molecule is Cc1ccc(C(C)NCc2ccc(Br)c(Br)c2)cc1F. The summed E-state index contributed by atoms with van der Waals surface area (Å²) in [7, 11) is 0. The van der Waals surface area contributed by atoms with Crippen molar-refractivity contribution in [1.29, 1.82) is 0 Å². The predicted octanol–water partition coefficient (Wildman–Crippen LogP) is 5.51. The molecule has 0 fully saturated rings. The summed E-state index contributed by atoms with van der Waals surface area (Å²) in [6.45, 7) is 4.55. The second-order valence-corrected chi connectivity index (χ2v) is 6.57. The van der Waals surface area contributed by atoms with Crippen molar-refractivity contribution in [2.75, 3.05) is 0 Å². The Hall–Kier alpha value is -0.710. The van der Waals surface area contributed by atoms with Gasteiger partial charge in [-0.3, -0.25) is 0 Å². The van der Waals surface area contributed by atoms with Gasteiger partial charge < -0.3 is 5.32 Å². The molecule has 2 aromatic rings. The van der Waals surface area contributed by atoms with Gasteiger partial charge in [0.05, 0.1) is 0 Å². The molecule has 0 saturated carbocycles. The van der Waals surface area contributed by atoms with Crippen LogP contribution in [0.3, 0.4) is 0 Å². The van der Waals surface area contributed by atoms with Gasteiger partial charge >= 0.3 is 0 Å². The molecule has 2 rings (SSSR count). The van der Waals surface area contributed by atoms with E-state index in [9.17, 15) is 4.39 Å². The van der Waals surface area contributed by atoms with Crippen molar-refractivity contribution >= 4 is 31.9 Å². The highest BCUT2D eigenvalue weighted by atomic mass is 79.9. The van der Waals surface area contributed by atoms with Gasteiger partial charge in [0.15, 0.2) is 0 Å². The maximum atomic E-state index is 13.6. The first-order chi connectivity index (χ1) is 9.47. The van der Waals surface area contributed by atoms with Gasteiger partial charge in [-0.15, -0.1) is 0 Å². The molecule has 0 saturated heterocycles. The number of nitrogens with one attached hydrogen (secondary N) is 1. The van der Waals surface area contributed by atoms with Crippen molar-refractivity contribution in [2.45, 2.75) is 26.4 Å². The molecule has 20 heavy (non-hydrogen) atoms. The third-order valence-electron chi connectivity index (χ3n) is 3.29. The van der Waals surface area contributed by atoms with Crippen LogP contribution in [-0.2, 0) is 6.54 Å². The standard InChI is InChI=1S/C16H16Br2FN/c1-10-3-5-13(8-16(10)19)11(2)20-9-12-4-6-14(17)15(18)7-12/h3-8,11,20H,9H2,1-2H3. The van der Waals surface area contributed by atoms with Crippen molar-refractivity contribution in [3.8, 4) is 0 Å². The Morgan fingerprint density at radius 1 is 1.10 bits per heavy atom. The van der Waals surface area contributed by atoms with E-state index in [-0.39, 0.29) is 11.9 Å². The van der Waals surface area contributed by atoms with Gasteiger partial charge in [-0.25, -0.2) is 4.39 Å². The van der Waals surface area contributed by atoms with Gasteiger partial charge in [-0.1, -0.05) is 18.2 Å². The van der Waals surface area contributed by atoms with Crippen LogP contribution in [0.4, 0.5) is 4.39 Å². The smallest absolute Gasteiger partial charge is 0.126 e. The maximum absolute atomic E-state index is 13.6. The summed E-state index contributed by atoms with van der Waals surface area (Å²) in [4.78, 5) is 0. The highest BCUT2D eigenvalue weighted by molar-refractivity contribution is 9.13. The third-order valence-corrected chi connectivity index (χ3v) is 5.17. The van der Waals surface area contributed by atoms with Gasteiger partial charge in [0.1, 0.15) is 5.82 Å². The second-order valence-electron chi connectivity index (χ2n) is 4.86. The number of halogens is 3. The van der Waals surface area contributed by atoms with Crippen LogP contribution in [0.25, 0.3) is 0 Å². The van der Waals surface area contributed by atoms with Crippen LogP contribution in [0.15, 0.2) is 45.3 Å². The first kappa shape index (κ1) is 15.7. The second kappa shape index (κ2) is 6.83. The van der Waals surface area contributed by atoms with Crippen LogP contribution in [0, 0.1) is 12.7 Å². The fourth-order valence-electron chi connectivity index (χ4n) is 1.92. The summed E-state index contributed by atoms with van der Waals surface area (Å²) < 4.78 is 15.6. The van der Waals surface area contributed by atoms with E-state index in [0.717, 1.165) is 21.1 Å². The quantitative estimate of drug-likeness (QED) is 0.713. The Balaban J connectivity index is 2.02. The summed E-state index contributed by atoms with van der Waals surface area (Å²) in [5.41, 5.74) is 2.82. The molecular formula is C16H16Br2FN. The van der Waals surface area contributed by atoms with Crippen molar-refractivity contribution in [3.05, 3.63) is 67.9 Å². The lowest BCUT2D eigenvalue weighted by atomic mass is 10.1. The molecule has 0 spiro atoms. The molecule has 1 atom stereocenters. The summed E-state index contributed by atoms with van der Waals surface area (Å²) in [6.07, 6.45) is 0. The van der Waals surface area contributed by atoms with E-state index in [1.807, 2.05) is 25.1 Å². The molecule has 0 aromatic heterocycles. The summed E-state index contributed by atoms with van der Waals surface area (Å²) in [6, 6.07) is 11.6. The number of aryl methyl sites for hydroxylation is 1. The van der Waals surface area contributed by atoms with Gasteiger partial charge in [-0.05, 0) is 80.6 Å². The molecular weight excluding hydrogens is 385 g/mol. The monoisotopic (exact) mass is 399 g/mol. The summed E-state index contributed by atoms with van der Waals surface area (Å²) in [5.74, 6) is -0.150. The fraction of sp³-hybridized carbons (Fsp3) is 0.250. The third kappa shape index (κ3) is 3.90. The van der Waals surface area contributed by atoms with E-state index in [1.54, 1.807) is 13.0 Å².